The summed E-state index contributed by atoms with van der Waals surface area (Å²) >= 11 is 0. The number of hydrogen-bond donors (Lipinski definition) is 3. The Morgan fingerprint density at radius 1 is 1.33 bits per heavy atom. The van der Waals surface area contributed by atoms with Crippen molar-refractivity contribution in [2.75, 3.05) is 13.1 Å². The second-order valence-corrected chi connectivity index (χ2v) is 5.60. The summed E-state index contributed by atoms with van der Waals surface area (Å²) in [7, 11) is 0. The molecule has 2 aromatic rings. The molecule has 0 saturated heterocycles. The van der Waals surface area contributed by atoms with Crippen LogP contribution in [0.15, 0.2) is 35.5 Å². The fraction of sp³-hybridized carbons (Fsp3) is 0.438. The van der Waals surface area contributed by atoms with Crippen LogP contribution in [0.1, 0.15) is 29.5 Å². The summed E-state index contributed by atoms with van der Waals surface area (Å²) in [4.78, 5) is 27.5. The average Bonchev–Trinajstić information content (AvgIpc) is 3.18. The minimum atomic E-state index is -0.240. The zero-order valence-electron chi connectivity index (χ0n) is 13.9. The van der Waals surface area contributed by atoms with Gasteiger partial charge in [-0.05, 0) is 26.3 Å². The monoisotopic (exact) mass is 333 g/mol. The number of aryl methyl sites for hydroxylation is 1. The van der Waals surface area contributed by atoms with Crippen LogP contribution in [0.3, 0.4) is 0 Å². The van der Waals surface area contributed by atoms with Gasteiger partial charge < -0.3 is 24.9 Å². The first kappa shape index (κ1) is 17.6. The van der Waals surface area contributed by atoms with E-state index in [0.29, 0.717) is 31.8 Å². The highest BCUT2D eigenvalue weighted by Gasteiger charge is 2.11. The highest BCUT2D eigenvalue weighted by molar-refractivity contribution is 5.92. The van der Waals surface area contributed by atoms with Crippen molar-refractivity contribution in [3.63, 3.8) is 0 Å². The fourth-order valence-electron chi connectivity index (χ4n) is 2.21. The molecule has 8 nitrogen and oxygen atoms in total. The average molecular weight is 333 g/mol. The van der Waals surface area contributed by atoms with Gasteiger partial charge in [0.2, 0.25) is 0 Å². The number of urea groups is 1. The molecule has 0 aromatic carbocycles. The maximum absolute atomic E-state index is 11.8. The van der Waals surface area contributed by atoms with Crippen molar-refractivity contribution < 1.29 is 14.0 Å². The van der Waals surface area contributed by atoms with Crippen LogP contribution < -0.4 is 16.0 Å². The fourth-order valence-corrected chi connectivity index (χ4v) is 2.21. The van der Waals surface area contributed by atoms with E-state index in [0.717, 1.165) is 5.56 Å². The highest BCUT2D eigenvalue weighted by atomic mass is 16.3. The van der Waals surface area contributed by atoms with Gasteiger partial charge in [-0.3, -0.25) is 4.79 Å². The molecule has 0 radical (unpaired) electrons. The lowest BCUT2D eigenvalue weighted by Gasteiger charge is -2.15. The van der Waals surface area contributed by atoms with Gasteiger partial charge in [-0.2, -0.15) is 0 Å². The topological polar surface area (TPSA) is 101 Å². The number of rotatable bonds is 8. The van der Waals surface area contributed by atoms with Crippen LogP contribution in [0.4, 0.5) is 4.79 Å². The number of carbonyl (C=O) groups excluding carboxylic acids is 2. The maximum Gasteiger partial charge on any atom is 0.315 e. The molecule has 3 N–H and O–H groups in total. The van der Waals surface area contributed by atoms with Crippen molar-refractivity contribution in [2.24, 2.45) is 0 Å². The van der Waals surface area contributed by atoms with Gasteiger partial charge in [-0.25, -0.2) is 9.78 Å². The van der Waals surface area contributed by atoms with Gasteiger partial charge in [-0.1, -0.05) is 0 Å². The molecule has 130 valence electrons. The normalized spacial score (nSPS) is 11.8. The second kappa shape index (κ2) is 8.76. The molecular weight excluding hydrogens is 310 g/mol. The van der Waals surface area contributed by atoms with Crippen LogP contribution in [0.2, 0.25) is 0 Å². The van der Waals surface area contributed by atoms with Gasteiger partial charge in [0, 0.05) is 43.6 Å². The van der Waals surface area contributed by atoms with E-state index in [2.05, 4.69) is 20.9 Å². The number of carbonyl (C=O) groups is 2. The lowest BCUT2D eigenvalue weighted by atomic mass is 10.2. The van der Waals surface area contributed by atoms with E-state index >= 15 is 0 Å². The third kappa shape index (κ3) is 5.45. The Hall–Kier alpha value is -2.77. The lowest BCUT2D eigenvalue weighted by molar-refractivity contribution is 0.0925. The van der Waals surface area contributed by atoms with Crippen LogP contribution in [0, 0.1) is 6.92 Å². The number of nitrogens with one attached hydrogen (secondary N) is 3. The summed E-state index contributed by atoms with van der Waals surface area (Å²) in [5, 5.41) is 8.37. The molecule has 0 fully saturated rings. The van der Waals surface area contributed by atoms with Crippen molar-refractivity contribution >= 4 is 11.9 Å². The Kier molecular flexibility index (Phi) is 6.41. The van der Waals surface area contributed by atoms with E-state index in [1.807, 2.05) is 24.6 Å². The molecule has 8 heteroatoms. The smallest absolute Gasteiger partial charge is 0.315 e. The van der Waals surface area contributed by atoms with Crippen molar-refractivity contribution in [3.8, 4) is 0 Å². The SMILES string of the molecule is Cc1ccoc1C(=O)NCCCNC(=O)N[C@H](C)Cn1ccnc1. The van der Waals surface area contributed by atoms with E-state index in [-0.39, 0.29) is 18.0 Å². The molecule has 0 aliphatic rings. The number of furan rings is 1. The lowest BCUT2D eigenvalue weighted by Crippen LogP contribution is -2.43. The summed E-state index contributed by atoms with van der Waals surface area (Å²) < 4.78 is 7.01. The first-order valence-electron chi connectivity index (χ1n) is 7.88. The zero-order valence-corrected chi connectivity index (χ0v) is 13.9. The van der Waals surface area contributed by atoms with Gasteiger partial charge in [0.15, 0.2) is 5.76 Å². The molecule has 0 aliphatic heterocycles. The minimum absolute atomic E-state index is 0.0131. The molecule has 1 atom stereocenters. The summed E-state index contributed by atoms with van der Waals surface area (Å²) in [6.07, 6.45) is 7.38. The number of aromatic nitrogens is 2. The standard InChI is InChI=1S/C16H23N5O3/c1-12-4-9-24-14(12)15(22)18-5-3-6-19-16(23)20-13(2)10-21-8-7-17-11-21/h4,7-9,11,13H,3,5-6,10H2,1-2H3,(H,18,22)(H2,19,20,23)/t13-/m1/s1. The third-order valence-corrected chi connectivity index (χ3v) is 3.41. The molecule has 2 aromatic heterocycles. The predicted octanol–water partition coefficient (Wildman–Crippen LogP) is 1.29. The molecule has 0 bridgehead atoms. The summed E-state index contributed by atoms with van der Waals surface area (Å²) in [6, 6.07) is 1.50. The number of hydrogen-bond acceptors (Lipinski definition) is 4. The molecule has 0 aliphatic carbocycles. The maximum atomic E-state index is 11.8. The van der Waals surface area contributed by atoms with E-state index in [1.165, 1.54) is 6.26 Å². The Morgan fingerprint density at radius 2 is 2.12 bits per heavy atom. The largest absolute Gasteiger partial charge is 0.459 e. The number of nitrogens with zero attached hydrogens (tertiary/aromatic N) is 2. The van der Waals surface area contributed by atoms with Gasteiger partial charge in [0.25, 0.3) is 5.91 Å². The minimum Gasteiger partial charge on any atom is -0.459 e. The Morgan fingerprint density at radius 3 is 2.79 bits per heavy atom. The zero-order chi connectivity index (χ0) is 17.4. The molecular formula is C16H23N5O3. The van der Waals surface area contributed by atoms with Crippen LogP contribution >= 0.6 is 0 Å². The second-order valence-electron chi connectivity index (χ2n) is 5.60. The summed E-state index contributed by atoms with van der Waals surface area (Å²) in [5.74, 6) is 0.0879. The molecule has 0 unspecified atom stereocenters. The van der Waals surface area contributed by atoms with E-state index in [4.69, 9.17) is 4.42 Å². The van der Waals surface area contributed by atoms with Crippen molar-refractivity contribution in [1.29, 1.82) is 0 Å². The quantitative estimate of drug-likeness (QED) is 0.634. The third-order valence-electron chi connectivity index (χ3n) is 3.41. The predicted molar refractivity (Wildman–Crippen MR) is 88.6 cm³/mol. The van der Waals surface area contributed by atoms with Gasteiger partial charge >= 0.3 is 6.03 Å². The molecule has 0 saturated carbocycles. The van der Waals surface area contributed by atoms with Crippen LogP contribution in [0.5, 0.6) is 0 Å². The van der Waals surface area contributed by atoms with Crippen molar-refractivity contribution in [1.82, 2.24) is 25.5 Å². The first-order chi connectivity index (χ1) is 11.6. The number of imidazole rings is 1. The van der Waals surface area contributed by atoms with Gasteiger partial charge in [0.1, 0.15) is 0 Å². The number of amides is 3. The van der Waals surface area contributed by atoms with Crippen LogP contribution in [0.25, 0.3) is 0 Å². The van der Waals surface area contributed by atoms with E-state index in [9.17, 15) is 9.59 Å². The highest BCUT2D eigenvalue weighted by Crippen LogP contribution is 2.07. The van der Waals surface area contributed by atoms with Gasteiger partial charge in [0.05, 0.1) is 12.6 Å². The Bertz CT molecular complexity index is 650. The summed E-state index contributed by atoms with van der Waals surface area (Å²) in [6.45, 7) is 5.33. The molecule has 2 heterocycles. The van der Waals surface area contributed by atoms with Gasteiger partial charge in [-0.15, -0.1) is 0 Å². The van der Waals surface area contributed by atoms with Crippen LogP contribution in [-0.4, -0.2) is 40.6 Å². The molecule has 0 spiro atoms. The molecule has 24 heavy (non-hydrogen) atoms. The van der Waals surface area contributed by atoms with Crippen molar-refractivity contribution in [3.05, 3.63) is 42.4 Å². The molecule has 3 amide bonds. The van der Waals surface area contributed by atoms with Crippen LogP contribution in [-0.2, 0) is 6.54 Å². The Balaban J connectivity index is 1.56. The molecule has 2 rings (SSSR count). The van der Waals surface area contributed by atoms with Crippen molar-refractivity contribution in [2.45, 2.75) is 32.9 Å². The van der Waals surface area contributed by atoms with E-state index < -0.39 is 0 Å². The first-order valence-corrected chi connectivity index (χ1v) is 7.88. The Labute approximate surface area is 140 Å². The van der Waals surface area contributed by atoms with E-state index in [1.54, 1.807) is 18.6 Å². The summed E-state index contributed by atoms with van der Waals surface area (Å²) in [5.41, 5.74) is 0.803.